The van der Waals surface area contributed by atoms with Crippen molar-refractivity contribution < 1.29 is 9.53 Å². The van der Waals surface area contributed by atoms with Crippen molar-refractivity contribution in [2.45, 2.75) is 13.5 Å². The highest BCUT2D eigenvalue weighted by molar-refractivity contribution is 5.95. The first-order valence-electron chi connectivity index (χ1n) is 8.82. The monoisotopic (exact) mass is 373 g/mol. The van der Waals surface area contributed by atoms with Crippen LogP contribution in [0.1, 0.15) is 21.9 Å². The Morgan fingerprint density at radius 3 is 2.75 bits per heavy atom. The van der Waals surface area contributed by atoms with E-state index in [-0.39, 0.29) is 5.91 Å². The van der Waals surface area contributed by atoms with Crippen molar-refractivity contribution in [3.8, 4) is 11.6 Å². The van der Waals surface area contributed by atoms with Gasteiger partial charge in [0.15, 0.2) is 0 Å². The van der Waals surface area contributed by atoms with Gasteiger partial charge in [-0.1, -0.05) is 12.1 Å². The molecule has 1 N–H and O–H groups in total. The summed E-state index contributed by atoms with van der Waals surface area (Å²) in [7, 11) is 1.62. The van der Waals surface area contributed by atoms with Gasteiger partial charge in [0.05, 0.1) is 12.6 Å². The molecule has 4 aromatic rings. The third-order valence-corrected chi connectivity index (χ3v) is 4.46. The molecule has 1 aromatic carbocycles. The number of carbonyl (C=O) groups is 1. The van der Waals surface area contributed by atoms with Gasteiger partial charge in [-0.3, -0.25) is 9.36 Å². The fourth-order valence-corrected chi connectivity index (χ4v) is 2.91. The van der Waals surface area contributed by atoms with Gasteiger partial charge in [-0.2, -0.15) is 0 Å². The summed E-state index contributed by atoms with van der Waals surface area (Å²) in [6, 6.07) is 13.0. The van der Waals surface area contributed by atoms with E-state index in [1.165, 1.54) is 0 Å². The first kappa shape index (κ1) is 17.7. The molecule has 0 spiro atoms. The molecule has 140 valence electrons. The van der Waals surface area contributed by atoms with E-state index in [2.05, 4.69) is 20.3 Å². The van der Waals surface area contributed by atoms with Gasteiger partial charge in [0.1, 0.15) is 23.1 Å². The number of benzene rings is 1. The Balaban J connectivity index is 1.44. The van der Waals surface area contributed by atoms with Crippen LogP contribution in [0.5, 0.6) is 5.75 Å². The van der Waals surface area contributed by atoms with Crippen LogP contribution in [0.3, 0.4) is 0 Å². The number of methoxy groups -OCH3 is 1. The second-order valence-electron chi connectivity index (χ2n) is 6.31. The Hall–Kier alpha value is -3.74. The van der Waals surface area contributed by atoms with Crippen LogP contribution in [0, 0.1) is 6.92 Å². The van der Waals surface area contributed by atoms with Crippen LogP contribution in [0.2, 0.25) is 0 Å². The topological polar surface area (TPSA) is 81.9 Å². The maximum atomic E-state index is 12.5. The lowest BCUT2D eigenvalue weighted by Crippen LogP contribution is -2.23. The van der Waals surface area contributed by atoms with Crippen molar-refractivity contribution in [3.05, 3.63) is 78.1 Å². The first-order chi connectivity index (χ1) is 13.6. The van der Waals surface area contributed by atoms with Gasteiger partial charge >= 0.3 is 0 Å². The van der Waals surface area contributed by atoms with Crippen molar-refractivity contribution in [1.82, 2.24) is 24.8 Å². The number of fused-ring (bicyclic) bond motifs is 1. The average molecular weight is 373 g/mol. The number of hydrogen-bond acceptors (Lipinski definition) is 5. The maximum absolute atomic E-state index is 12.5. The number of carbonyl (C=O) groups excluding carboxylic acids is 1. The van der Waals surface area contributed by atoms with E-state index in [1.54, 1.807) is 25.6 Å². The SMILES string of the molecule is COc1ccc2nc(C(=O)NCc3ccc(-n4ccnc4C)nc3)ccc2c1. The smallest absolute Gasteiger partial charge is 0.270 e. The summed E-state index contributed by atoms with van der Waals surface area (Å²) in [5.41, 5.74) is 2.02. The highest BCUT2D eigenvalue weighted by Crippen LogP contribution is 2.19. The Morgan fingerprint density at radius 1 is 1.14 bits per heavy atom. The second-order valence-corrected chi connectivity index (χ2v) is 6.31. The standard InChI is InChI=1S/C21H19N5O2/c1-14-22-9-10-26(14)20-8-3-15(12-23-20)13-24-21(27)19-6-4-16-11-17(28-2)5-7-18(16)25-19/h3-12H,13H2,1-2H3,(H,24,27). The minimum atomic E-state index is -0.229. The zero-order chi connectivity index (χ0) is 19.5. The molecule has 0 bridgehead atoms. The molecule has 3 heterocycles. The fourth-order valence-electron chi connectivity index (χ4n) is 2.91. The molecule has 7 heteroatoms. The van der Waals surface area contributed by atoms with E-state index >= 15 is 0 Å². The van der Waals surface area contributed by atoms with Gasteiger partial charge < -0.3 is 10.1 Å². The number of imidazole rings is 1. The molecular weight excluding hydrogens is 354 g/mol. The predicted molar refractivity (Wildman–Crippen MR) is 106 cm³/mol. The Labute approximate surface area is 162 Å². The van der Waals surface area contributed by atoms with Crippen LogP contribution >= 0.6 is 0 Å². The van der Waals surface area contributed by atoms with Crippen LogP contribution in [-0.2, 0) is 6.54 Å². The molecular formula is C21H19N5O2. The summed E-state index contributed by atoms with van der Waals surface area (Å²) in [5.74, 6) is 2.19. The van der Waals surface area contributed by atoms with E-state index in [0.29, 0.717) is 12.2 Å². The number of aryl methyl sites for hydroxylation is 1. The number of ether oxygens (including phenoxy) is 1. The molecule has 1 amide bonds. The molecule has 28 heavy (non-hydrogen) atoms. The van der Waals surface area contributed by atoms with Crippen molar-refractivity contribution in [2.75, 3.05) is 7.11 Å². The highest BCUT2D eigenvalue weighted by Gasteiger charge is 2.09. The summed E-state index contributed by atoms with van der Waals surface area (Å²) in [6.07, 6.45) is 5.34. The molecule has 0 aliphatic heterocycles. The zero-order valence-corrected chi connectivity index (χ0v) is 15.6. The molecule has 0 atom stereocenters. The molecule has 4 rings (SSSR count). The summed E-state index contributed by atoms with van der Waals surface area (Å²) >= 11 is 0. The van der Waals surface area contributed by atoms with Crippen molar-refractivity contribution in [3.63, 3.8) is 0 Å². The summed E-state index contributed by atoms with van der Waals surface area (Å²) in [6.45, 7) is 2.29. The Kier molecular flexibility index (Phi) is 4.72. The van der Waals surface area contributed by atoms with E-state index in [4.69, 9.17) is 4.74 Å². The average Bonchev–Trinajstić information content (AvgIpc) is 3.17. The Morgan fingerprint density at radius 2 is 2.04 bits per heavy atom. The minimum Gasteiger partial charge on any atom is -0.497 e. The maximum Gasteiger partial charge on any atom is 0.270 e. The van der Waals surface area contributed by atoms with Crippen LogP contribution in [-0.4, -0.2) is 32.5 Å². The second kappa shape index (κ2) is 7.48. The van der Waals surface area contributed by atoms with E-state index < -0.39 is 0 Å². The molecule has 0 unspecified atom stereocenters. The zero-order valence-electron chi connectivity index (χ0n) is 15.6. The number of aromatic nitrogens is 4. The van der Waals surface area contributed by atoms with Crippen molar-refractivity contribution >= 4 is 16.8 Å². The van der Waals surface area contributed by atoms with Crippen molar-refractivity contribution in [2.24, 2.45) is 0 Å². The van der Waals surface area contributed by atoms with Crippen LogP contribution in [0.4, 0.5) is 0 Å². The fraction of sp³-hybridized carbons (Fsp3) is 0.143. The molecule has 0 aliphatic rings. The number of nitrogens with zero attached hydrogens (tertiary/aromatic N) is 4. The number of rotatable bonds is 5. The lowest BCUT2D eigenvalue weighted by molar-refractivity contribution is 0.0946. The van der Waals surface area contributed by atoms with E-state index in [9.17, 15) is 4.79 Å². The quantitative estimate of drug-likeness (QED) is 0.581. The van der Waals surface area contributed by atoms with Crippen molar-refractivity contribution in [1.29, 1.82) is 0 Å². The van der Waals surface area contributed by atoms with Gasteiger partial charge in [0, 0.05) is 30.5 Å². The molecule has 7 nitrogen and oxygen atoms in total. The highest BCUT2D eigenvalue weighted by atomic mass is 16.5. The van der Waals surface area contributed by atoms with Crippen LogP contribution < -0.4 is 10.1 Å². The van der Waals surface area contributed by atoms with Crippen LogP contribution in [0.15, 0.2) is 61.1 Å². The molecule has 3 aromatic heterocycles. The molecule has 0 radical (unpaired) electrons. The lowest BCUT2D eigenvalue weighted by Gasteiger charge is -2.08. The largest absolute Gasteiger partial charge is 0.497 e. The number of amides is 1. The summed E-state index contributed by atoms with van der Waals surface area (Å²) < 4.78 is 7.11. The molecule has 0 saturated heterocycles. The van der Waals surface area contributed by atoms with Gasteiger partial charge in [0.2, 0.25) is 0 Å². The van der Waals surface area contributed by atoms with Gasteiger partial charge in [-0.25, -0.2) is 15.0 Å². The minimum absolute atomic E-state index is 0.229. The number of hydrogen-bond donors (Lipinski definition) is 1. The summed E-state index contributed by atoms with van der Waals surface area (Å²) in [4.78, 5) is 25.5. The third kappa shape index (κ3) is 3.55. The van der Waals surface area contributed by atoms with E-state index in [1.807, 2.05) is 54.1 Å². The normalized spacial score (nSPS) is 10.8. The third-order valence-electron chi connectivity index (χ3n) is 4.46. The van der Waals surface area contributed by atoms with Gasteiger partial charge in [-0.05, 0) is 42.8 Å². The van der Waals surface area contributed by atoms with Gasteiger partial charge in [-0.15, -0.1) is 0 Å². The van der Waals surface area contributed by atoms with E-state index in [0.717, 1.165) is 33.9 Å². The molecule has 0 saturated carbocycles. The Bertz CT molecular complexity index is 1140. The lowest BCUT2D eigenvalue weighted by atomic mass is 10.2. The number of nitrogens with one attached hydrogen (secondary N) is 1. The molecule has 0 aliphatic carbocycles. The molecule has 0 fully saturated rings. The summed E-state index contributed by atoms with van der Waals surface area (Å²) in [5, 5.41) is 3.80. The number of pyridine rings is 2. The first-order valence-corrected chi connectivity index (χ1v) is 8.82. The predicted octanol–water partition coefficient (Wildman–Crippen LogP) is 3.06. The van der Waals surface area contributed by atoms with Crippen LogP contribution in [0.25, 0.3) is 16.7 Å². The van der Waals surface area contributed by atoms with Gasteiger partial charge in [0.25, 0.3) is 5.91 Å².